The molecule has 90 valence electrons. The maximum absolute atomic E-state index is 11.6. The number of carbonyl (C=O) groups is 1. The number of benzene rings is 1. The minimum absolute atomic E-state index is 0.235. The quantitative estimate of drug-likeness (QED) is 0.761. The highest BCUT2D eigenvalue weighted by Crippen LogP contribution is 2.17. The van der Waals surface area contributed by atoms with Crippen LogP contribution in [0.15, 0.2) is 24.3 Å². The van der Waals surface area contributed by atoms with E-state index >= 15 is 0 Å². The van der Waals surface area contributed by atoms with Gasteiger partial charge in [-0.1, -0.05) is 6.07 Å². The van der Waals surface area contributed by atoms with Gasteiger partial charge in [-0.05, 0) is 18.2 Å². The molecule has 0 radical (unpaired) electrons. The van der Waals surface area contributed by atoms with Crippen LogP contribution in [-0.4, -0.2) is 26.0 Å². The van der Waals surface area contributed by atoms with E-state index in [9.17, 15) is 4.79 Å². The van der Waals surface area contributed by atoms with E-state index in [4.69, 9.17) is 12.2 Å². The van der Waals surface area contributed by atoms with Gasteiger partial charge in [0, 0.05) is 31.9 Å². The van der Waals surface area contributed by atoms with Crippen molar-refractivity contribution in [2.24, 2.45) is 5.73 Å². The first-order chi connectivity index (χ1) is 8.04. The third kappa shape index (κ3) is 3.82. The van der Waals surface area contributed by atoms with E-state index in [1.54, 1.807) is 0 Å². The maximum Gasteiger partial charge on any atom is 0.242 e. The maximum atomic E-state index is 11.6. The molecule has 0 saturated carbocycles. The van der Waals surface area contributed by atoms with Crippen molar-refractivity contribution in [2.75, 3.05) is 24.3 Å². The van der Waals surface area contributed by atoms with Crippen LogP contribution < -0.4 is 16.0 Å². The Bertz CT molecular complexity index is 435. The molecule has 1 amide bonds. The van der Waals surface area contributed by atoms with E-state index in [2.05, 4.69) is 11.2 Å². The molecule has 0 saturated heterocycles. The molecule has 0 aliphatic carbocycles. The number of nitrogens with two attached hydrogens (primary N) is 1. The highest BCUT2D eigenvalue weighted by atomic mass is 16.2. The fourth-order valence-corrected chi connectivity index (χ4v) is 1.32. The molecule has 1 rings (SSSR count). The molecule has 0 fully saturated rings. The van der Waals surface area contributed by atoms with Crippen LogP contribution in [-0.2, 0) is 4.79 Å². The van der Waals surface area contributed by atoms with Crippen LogP contribution in [0.3, 0.4) is 0 Å². The first-order valence-electron chi connectivity index (χ1n) is 5.32. The fraction of sp³-hybridized carbons (Fsp3) is 0.308. The van der Waals surface area contributed by atoms with E-state index in [0.717, 1.165) is 5.69 Å². The van der Waals surface area contributed by atoms with Crippen LogP contribution in [0.4, 0.5) is 11.4 Å². The van der Waals surface area contributed by atoms with Gasteiger partial charge in [0.1, 0.15) is 0 Å². The zero-order chi connectivity index (χ0) is 12.8. The molecule has 4 nitrogen and oxygen atoms in total. The molecular formula is C13H17N3O. The minimum atomic E-state index is -0.664. The Morgan fingerprint density at radius 2 is 2.29 bits per heavy atom. The van der Waals surface area contributed by atoms with Crippen molar-refractivity contribution in [2.45, 2.75) is 12.5 Å². The molecule has 17 heavy (non-hydrogen) atoms. The second kappa shape index (κ2) is 5.92. The number of nitrogens with zero attached hydrogens (tertiary/aromatic N) is 1. The Morgan fingerprint density at radius 1 is 1.59 bits per heavy atom. The zero-order valence-electron chi connectivity index (χ0n) is 10.1. The molecule has 0 heterocycles. The average molecular weight is 231 g/mol. The van der Waals surface area contributed by atoms with Crippen molar-refractivity contribution in [3.05, 3.63) is 24.3 Å². The Morgan fingerprint density at radius 3 is 2.88 bits per heavy atom. The van der Waals surface area contributed by atoms with Crippen LogP contribution >= 0.6 is 0 Å². The molecule has 1 atom stereocenters. The summed E-state index contributed by atoms with van der Waals surface area (Å²) >= 11 is 0. The van der Waals surface area contributed by atoms with Crippen molar-refractivity contribution >= 4 is 17.3 Å². The number of hydrogen-bond acceptors (Lipinski definition) is 3. The number of amides is 1. The van der Waals surface area contributed by atoms with Crippen molar-refractivity contribution in [1.82, 2.24) is 0 Å². The second-order valence-corrected chi connectivity index (χ2v) is 3.95. The number of anilines is 2. The third-order valence-electron chi connectivity index (χ3n) is 2.30. The highest BCUT2D eigenvalue weighted by molar-refractivity contribution is 5.95. The van der Waals surface area contributed by atoms with E-state index in [0.29, 0.717) is 5.69 Å². The smallest absolute Gasteiger partial charge is 0.242 e. The first kappa shape index (κ1) is 13.1. The Balaban J connectivity index is 2.72. The summed E-state index contributed by atoms with van der Waals surface area (Å²) in [6.07, 6.45) is 5.34. The lowest BCUT2D eigenvalue weighted by Crippen LogP contribution is -2.35. The summed E-state index contributed by atoms with van der Waals surface area (Å²) in [5, 5.41) is 2.74. The van der Waals surface area contributed by atoms with E-state index in [1.165, 1.54) is 0 Å². The zero-order valence-corrected chi connectivity index (χ0v) is 10.1. The molecule has 1 unspecified atom stereocenters. The van der Waals surface area contributed by atoms with Crippen LogP contribution in [0.25, 0.3) is 0 Å². The van der Waals surface area contributed by atoms with Gasteiger partial charge < -0.3 is 16.0 Å². The van der Waals surface area contributed by atoms with Gasteiger partial charge in [0.25, 0.3) is 0 Å². The van der Waals surface area contributed by atoms with Gasteiger partial charge in [0.2, 0.25) is 5.91 Å². The van der Waals surface area contributed by atoms with Crippen molar-refractivity contribution < 1.29 is 4.79 Å². The van der Waals surface area contributed by atoms with Gasteiger partial charge in [-0.3, -0.25) is 4.79 Å². The molecular weight excluding hydrogens is 214 g/mol. The largest absolute Gasteiger partial charge is 0.378 e. The summed E-state index contributed by atoms with van der Waals surface area (Å²) < 4.78 is 0. The lowest BCUT2D eigenvalue weighted by Gasteiger charge is -2.15. The molecule has 3 N–H and O–H groups in total. The van der Waals surface area contributed by atoms with Crippen LogP contribution in [0.1, 0.15) is 6.42 Å². The average Bonchev–Trinajstić information content (AvgIpc) is 2.29. The van der Waals surface area contributed by atoms with Crippen LogP contribution in [0, 0.1) is 12.3 Å². The fourth-order valence-electron chi connectivity index (χ4n) is 1.32. The summed E-state index contributed by atoms with van der Waals surface area (Å²) in [6.45, 7) is 0. The Kier molecular flexibility index (Phi) is 4.56. The molecule has 1 aromatic rings. The molecule has 4 heteroatoms. The highest BCUT2D eigenvalue weighted by Gasteiger charge is 2.12. The topological polar surface area (TPSA) is 58.4 Å². The first-order valence-corrected chi connectivity index (χ1v) is 5.32. The van der Waals surface area contributed by atoms with E-state index in [1.807, 2.05) is 43.3 Å². The van der Waals surface area contributed by atoms with Gasteiger partial charge in [-0.15, -0.1) is 12.3 Å². The molecule has 0 aliphatic heterocycles. The number of terminal acetylenes is 1. The summed E-state index contributed by atoms with van der Waals surface area (Å²) in [5.41, 5.74) is 7.33. The van der Waals surface area contributed by atoms with E-state index < -0.39 is 6.04 Å². The number of hydrogen-bond donors (Lipinski definition) is 2. The van der Waals surface area contributed by atoms with Crippen LogP contribution in [0.2, 0.25) is 0 Å². The van der Waals surface area contributed by atoms with Gasteiger partial charge in [-0.2, -0.15) is 0 Å². The summed E-state index contributed by atoms with van der Waals surface area (Å²) in [6, 6.07) is 6.85. The number of nitrogens with one attached hydrogen (secondary N) is 1. The van der Waals surface area contributed by atoms with Crippen molar-refractivity contribution in [3.63, 3.8) is 0 Å². The monoisotopic (exact) mass is 231 g/mol. The lowest BCUT2D eigenvalue weighted by atomic mass is 10.2. The van der Waals surface area contributed by atoms with Gasteiger partial charge in [0.15, 0.2) is 0 Å². The number of rotatable bonds is 4. The van der Waals surface area contributed by atoms with Gasteiger partial charge >= 0.3 is 0 Å². The summed E-state index contributed by atoms with van der Waals surface area (Å²) in [4.78, 5) is 13.6. The molecule has 0 aromatic heterocycles. The third-order valence-corrected chi connectivity index (χ3v) is 2.30. The van der Waals surface area contributed by atoms with E-state index in [-0.39, 0.29) is 12.3 Å². The molecule has 1 aromatic carbocycles. The van der Waals surface area contributed by atoms with Crippen molar-refractivity contribution in [1.29, 1.82) is 0 Å². The molecule has 0 aliphatic rings. The Hall–Kier alpha value is -1.99. The standard InChI is InChI=1S/C13H17N3O/c1-4-6-12(14)13(17)15-10-7-5-8-11(9-10)16(2)3/h1,5,7-9,12H,6,14H2,2-3H3,(H,15,17). The summed E-state index contributed by atoms with van der Waals surface area (Å²) in [7, 11) is 3.87. The predicted octanol–water partition coefficient (Wildman–Crippen LogP) is 1.04. The molecule has 0 bridgehead atoms. The van der Waals surface area contributed by atoms with Crippen molar-refractivity contribution in [3.8, 4) is 12.3 Å². The predicted molar refractivity (Wildman–Crippen MR) is 70.8 cm³/mol. The van der Waals surface area contributed by atoms with Gasteiger partial charge in [-0.25, -0.2) is 0 Å². The SMILES string of the molecule is C#CCC(N)C(=O)Nc1cccc(N(C)C)c1. The minimum Gasteiger partial charge on any atom is -0.378 e. The lowest BCUT2D eigenvalue weighted by molar-refractivity contribution is -0.117. The number of carbonyl (C=O) groups excluding carboxylic acids is 1. The van der Waals surface area contributed by atoms with Gasteiger partial charge in [0.05, 0.1) is 6.04 Å². The molecule has 0 spiro atoms. The second-order valence-electron chi connectivity index (χ2n) is 3.95. The Labute approximate surface area is 102 Å². The normalized spacial score (nSPS) is 11.4. The van der Waals surface area contributed by atoms with Crippen LogP contribution in [0.5, 0.6) is 0 Å². The summed E-state index contributed by atoms with van der Waals surface area (Å²) in [5.74, 6) is 2.10.